The third kappa shape index (κ3) is 4.81. The smallest absolute Gasteiger partial charge is 0.308 e. The van der Waals surface area contributed by atoms with Gasteiger partial charge in [-0.25, -0.2) is 22.6 Å². The molecule has 27 heavy (non-hydrogen) atoms. The topological polar surface area (TPSA) is 88.2 Å². The van der Waals surface area contributed by atoms with Crippen molar-refractivity contribution in [1.29, 1.82) is 0 Å². The first-order chi connectivity index (χ1) is 12.7. The molecule has 0 aliphatic heterocycles. The number of aromatic nitrogens is 1. The molecule has 0 unspecified atom stereocenters. The molecule has 142 valence electrons. The fraction of sp³-hybridized carbons (Fsp3) is 0.222. The maximum Gasteiger partial charge on any atom is 0.323 e. The molecule has 0 fully saturated rings. The average molecular weight is 407 g/mol. The van der Waals surface area contributed by atoms with Gasteiger partial charge in [-0.15, -0.1) is 11.3 Å². The molecule has 0 aliphatic rings. The third-order valence-electron chi connectivity index (χ3n) is 3.53. The molecule has 0 saturated heterocycles. The van der Waals surface area contributed by atoms with Crippen LogP contribution in [0.5, 0.6) is 0 Å². The van der Waals surface area contributed by atoms with Crippen LogP contribution < -0.4 is 10.6 Å². The zero-order valence-corrected chi connectivity index (χ0v) is 16.3. The number of hydrogen-bond acceptors (Lipinski definition) is 5. The molecule has 1 heterocycles. The van der Waals surface area contributed by atoms with Crippen LogP contribution in [0.4, 0.5) is 20.6 Å². The first kappa shape index (κ1) is 19.2. The number of rotatable bonds is 5. The maximum atomic E-state index is 13.2. The lowest BCUT2D eigenvalue weighted by Crippen LogP contribution is -2.19. The van der Waals surface area contributed by atoms with Crippen molar-refractivity contribution >= 4 is 48.8 Å². The molecule has 6 nitrogen and oxygen atoms in total. The van der Waals surface area contributed by atoms with Crippen molar-refractivity contribution in [2.24, 2.45) is 5.92 Å². The molecule has 0 bridgehead atoms. The van der Waals surface area contributed by atoms with Crippen LogP contribution in [0.3, 0.4) is 0 Å². The second-order valence-electron chi connectivity index (χ2n) is 6.43. The van der Waals surface area contributed by atoms with Gasteiger partial charge in [-0.3, -0.25) is 0 Å². The summed E-state index contributed by atoms with van der Waals surface area (Å²) < 4.78 is 38.6. The van der Waals surface area contributed by atoms with Gasteiger partial charge in [0.15, 0.2) is 0 Å². The molecular formula is C18H18FN3O3S2. The monoisotopic (exact) mass is 407 g/mol. The minimum atomic E-state index is -3.43. The minimum absolute atomic E-state index is 0.00533. The van der Waals surface area contributed by atoms with Crippen LogP contribution in [0, 0.1) is 11.7 Å². The fourth-order valence-corrected chi connectivity index (χ4v) is 5.46. The number of anilines is 2. The number of amides is 2. The summed E-state index contributed by atoms with van der Waals surface area (Å²) in [5, 5.41) is 5.17. The Hall–Kier alpha value is -2.52. The summed E-state index contributed by atoms with van der Waals surface area (Å²) in [4.78, 5) is 16.3. The largest absolute Gasteiger partial charge is 0.323 e. The quantitative estimate of drug-likeness (QED) is 0.651. The third-order valence-corrected chi connectivity index (χ3v) is 7.08. The van der Waals surface area contributed by atoms with E-state index in [1.165, 1.54) is 18.2 Å². The molecule has 2 N–H and O–H groups in total. The molecular weight excluding hydrogens is 389 g/mol. The Morgan fingerprint density at radius 2 is 1.85 bits per heavy atom. The Bertz CT molecular complexity index is 1090. The van der Waals surface area contributed by atoms with Gasteiger partial charge in [-0.05, 0) is 42.3 Å². The molecule has 0 radical (unpaired) electrons. The average Bonchev–Trinajstić information content (AvgIpc) is 2.97. The zero-order chi connectivity index (χ0) is 19.6. The van der Waals surface area contributed by atoms with E-state index >= 15 is 0 Å². The number of carbonyl (C=O) groups is 1. The van der Waals surface area contributed by atoms with Gasteiger partial charge < -0.3 is 10.6 Å². The van der Waals surface area contributed by atoms with Crippen molar-refractivity contribution in [2.45, 2.75) is 18.2 Å². The molecule has 3 rings (SSSR count). The zero-order valence-electron chi connectivity index (χ0n) is 14.7. The fourth-order valence-electron chi connectivity index (χ4n) is 2.48. The number of fused-ring (bicyclic) bond motifs is 1. The Labute approximate surface area is 160 Å². The van der Waals surface area contributed by atoms with Crippen molar-refractivity contribution in [2.75, 3.05) is 16.4 Å². The lowest BCUT2D eigenvalue weighted by molar-refractivity contribution is 0.262. The Kier molecular flexibility index (Phi) is 5.43. The second kappa shape index (κ2) is 7.61. The van der Waals surface area contributed by atoms with Crippen molar-refractivity contribution in [3.8, 4) is 0 Å². The maximum absolute atomic E-state index is 13.2. The van der Waals surface area contributed by atoms with Crippen LogP contribution in [-0.4, -0.2) is 25.2 Å². The number of halogens is 1. The standard InChI is InChI=1S/C18H18FN3O3S2/c1-11(2)10-27(24,25)18-22-15-7-6-14(9-16(15)26-18)21-17(23)20-13-5-3-4-12(19)8-13/h3-9,11H,10H2,1-2H3,(H2,20,21,23). The number of nitrogens with zero attached hydrogens (tertiary/aromatic N) is 1. The second-order valence-corrected chi connectivity index (χ2v) is 9.67. The van der Waals surface area contributed by atoms with Crippen molar-refractivity contribution in [1.82, 2.24) is 4.98 Å². The van der Waals surface area contributed by atoms with Crippen LogP contribution in [0.15, 0.2) is 46.8 Å². The summed E-state index contributed by atoms with van der Waals surface area (Å²) >= 11 is 1.07. The van der Waals surface area contributed by atoms with Crippen LogP contribution in [-0.2, 0) is 9.84 Å². The SMILES string of the molecule is CC(C)CS(=O)(=O)c1nc2ccc(NC(=O)Nc3cccc(F)c3)cc2s1. The van der Waals surface area contributed by atoms with E-state index in [-0.39, 0.29) is 16.0 Å². The van der Waals surface area contributed by atoms with Gasteiger partial charge in [0.25, 0.3) is 0 Å². The molecule has 0 spiro atoms. The summed E-state index contributed by atoms with van der Waals surface area (Å²) in [6, 6.07) is 9.96. The molecule has 1 aromatic heterocycles. The van der Waals surface area contributed by atoms with Crippen molar-refractivity contribution in [3.63, 3.8) is 0 Å². The van der Waals surface area contributed by atoms with Gasteiger partial charge >= 0.3 is 6.03 Å². The Morgan fingerprint density at radius 3 is 2.52 bits per heavy atom. The summed E-state index contributed by atoms with van der Waals surface area (Å²) in [7, 11) is -3.43. The van der Waals surface area contributed by atoms with E-state index in [4.69, 9.17) is 0 Å². The van der Waals surface area contributed by atoms with Gasteiger partial charge in [-0.2, -0.15) is 0 Å². The van der Waals surface area contributed by atoms with Gasteiger partial charge in [0, 0.05) is 11.4 Å². The van der Waals surface area contributed by atoms with Crippen LogP contribution in [0.2, 0.25) is 0 Å². The van der Waals surface area contributed by atoms with E-state index in [1.54, 1.807) is 24.3 Å². The van der Waals surface area contributed by atoms with Crippen molar-refractivity contribution < 1.29 is 17.6 Å². The van der Waals surface area contributed by atoms with Gasteiger partial charge in [-0.1, -0.05) is 19.9 Å². The summed E-state index contributed by atoms with van der Waals surface area (Å²) in [6.45, 7) is 3.67. The van der Waals surface area contributed by atoms with E-state index in [9.17, 15) is 17.6 Å². The highest BCUT2D eigenvalue weighted by Crippen LogP contribution is 2.29. The first-order valence-corrected chi connectivity index (χ1v) is 10.7. The van der Waals surface area contributed by atoms with E-state index in [0.29, 0.717) is 21.6 Å². The summed E-state index contributed by atoms with van der Waals surface area (Å²) in [5.41, 5.74) is 1.36. The molecule has 0 aliphatic carbocycles. The highest BCUT2D eigenvalue weighted by atomic mass is 32.2. The Morgan fingerprint density at radius 1 is 1.15 bits per heavy atom. The van der Waals surface area contributed by atoms with Crippen LogP contribution in [0.25, 0.3) is 10.2 Å². The van der Waals surface area contributed by atoms with Gasteiger partial charge in [0.1, 0.15) is 5.82 Å². The molecule has 3 aromatic rings. The number of carbonyl (C=O) groups excluding carboxylic acids is 1. The molecule has 0 saturated carbocycles. The number of urea groups is 1. The lowest BCUT2D eigenvalue weighted by atomic mass is 10.3. The van der Waals surface area contributed by atoms with E-state index < -0.39 is 21.7 Å². The number of nitrogens with one attached hydrogen (secondary N) is 2. The van der Waals surface area contributed by atoms with Gasteiger partial charge in [0.05, 0.1) is 16.0 Å². The number of benzene rings is 2. The first-order valence-electron chi connectivity index (χ1n) is 8.20. The minimum Gasteiger partial charge on any atom is -0.308 e. The van der Waals surface area contributed by atoms with E-state index in [2.05, 4.69) is 15.6 Å². The highest BCUT2D eigenvalue weighted by molar-refractivity contribution is 7.93. The Balaban J connectivity index is 1.77. The predicted octanol–water partition coefficient (Wildman–Crippen LogP) is 4.51. The van der Waals surface area contributed by atoms with Gasteiger partial charge in [0.2, 0.25) is 14.2 Å². The normalized spacial score (nSPS) is 11.7. The molecule has 9 heteroatoms. The highest BCUT2D eigenvalue weighted by Gasteiger charge is 2.21. The molecule has 2 amide bonds. The summed E-state index contributed by atoms with van der Waals surface area (Å²) in [6.07, 6.45) is 0. The predicted molar refractivity (Wildman–Crippen MR) is 106 cm³/mol. The number of hydrogen-bond donors (Lipinski definition) is 2. The molecule has 0 atom stereocenters. The molecule has 2 aromatic carbocycles. The summed E-state index contributed by atoms with van der Waals surface area (Å²) in [5.74, 6) is -0.409. The van der Waals surface area contributed by atoms with Crippen LogP contribution >= 0.6 is 11.3 Å². The van der Waals surface area contributed by atoms with Crippen LogP contribution in [0.1, 0.15) is 13.8 Å². The van der Waals surface area contributed by atoms with E-state index in [1.807, 2.05) is 13.8 Å². The van der Waals surface area contributed by atoms with Crippen molar-refractivity contribution in [3.05, 3.63) is 48.3 Å². The number of thiazole rings is 1. The van der Waals surface area contributed by atoms with E-state index in [0.717, 1.165) is 11.3 Å². The lowest BCUT2D eigenvalue weighted by Gasteiger charge is -2.07. The number of sulfone groups is 1.